The molecule has 0 saturated carbocycles. The average Bonchev–Trinajstić information content (AvgIpc) is 2.73. The molecular weight excluding hydrogens is 382 g/mol. The molecule has 0 aliphatic carbocycles. The fourth-order valence-corrected chi connectivity index (χ4v) is 3.67. The lowest BCUT2D eigenvalue weighted by Gasteiger charge is -2.15. The van der Waals surface area contributed by atoms with Crippen molar-refractivity contribution in [2.45, 2.75) is 19.4 Å². The number of nitrogens with zero attached hydrogens (tertiary/aromatic N) is 1. The van der Waals surface area contributed by atoms with Gasteiger partial charge in [0.05, 0.1) is 23.3 Å². The van der Waals surface area contributed by atoms with Gasteiger partial charge in [0.2, 0.25) is 0 Å². The van der Waals surface area contributed by atoms with Gasteiger partial charge in [-0.05, 0) is 48.7 Å². The van der Waals surface area contributed by atoms with Crippen LogP contribution in [0.4, 0.5) is 17.1 Å². The van der Waals surface area contributed by atoms with E-state index in [-0.39, 0.29) is 0 Å². The van der Waals surface area contributed by atoms with Crippen LogP contribution in [0.2, 0.25) is 0 Å². The van der Waals surface area contributed by atoms with Gasteiger partial charge < -0.3 is 15.8 Å². The number of benzene rings is 3. The van der Waals surface area contributed by atoms with Crippen molar-refractivity contribution in [3.63, 3.8) is 0 Å². The Morgan fingerprint density at radius 3 is 2.28 bits per heavy atom. The molecule has 1 heterocycles. The van der Waals surface area contributed by atoms with E-state index in [4.69, 9.17) is 27.1 Å². The highest BCUT2D eigenvalue weighted by Gasteiger charge is 2.10. The molecule has 3 N–H and O–H groups in total. The lowest BCUT2D eigenvalue weighted by atomic mass is 10.1. The topological polar surface area (TPSA) is 60.2 Å². The van der Waals surface area contributed by atoms with E-state index >= 15 is 0 Å². The van der Waals surface area contributed by atoms with Gasteiger partial charge in [0, 0.05) is 34.6 Å². The van der Waals surface area contributed by atoms with Gasteiger partial charge in [-0.15, -0.1) is 11.6 Å². The van der Waals surface area contributed by atoms with Crippen LogP contribution in [0.5, 0.6) is 0 Å². The fraction of sp³-hybridized carbons (Fsp3) is 0.208. The van der Waals surface area contributed by atoms with Crippen LogP contribution in [-0.4, -0.2) is 17.5 Å². The number of halogens is 1. The van der Waals surface area contributed by atoms with Crippen molar-refractivity contribution in [2.75, 3.05) is 23.5 Å². The van der Waals surface area contributed by atoms with E-state index in [9.17, 15) is 0 Å². The molecule has 0 aliphatic heterocycles. The van der Waals surface area contributed by atoms with E-state index in [2.05, 4.69) is 23.5 Å². The van der Waals surface area contributed by atoms with Gasteiger partial charge in [0.25, 0.3) is 0 Å². The van der Waals surface area contributed by atoms with E-state index < -0.39 is 0 Å². The summed E-state index contributed by atoms with van der Waals surface area (Å²) in [6.07, 6.45) is 1.93. The lowest BCUT2D eigenvalue weighted by molar-refractivity contribution is 0.118. The zero-order valence-electron chi connectivity index (χ0n) is 16.2. The highest BCUT2D eigenvalue weighted by Crippen LogP contribution is 2.33. The number of pyridine rings is 1. The SMILES string of the molecule is Nc1cc(COCCCCCl)cc(Nc2c3ccccc3nc3ccccc23)c1. The summed E-state index contributed by atoms with van der Waals surface area (Å²) >= 11 is 5.71. The van der Waals surface area contributed by atoms with Crippen LogP contribution in [0.3, 0.4) is 0 Å². The smallest absolute Gasteiger partial charge is 0.0730 e. The standard InChI is InChI=1S/C24H24ClN3O/c25-11-5-6-12-29-16-17-13-18(26)15-19(14-17)27-24-20-7-1-3-9-22(20)28-23-10-4-2-8-21(23)24/h1-4,7-10,13-15H,5-6,11-12,16,26H2,(H,27,28). The van der Waals surface area contributed by atoms with E-state index in [0.29, 0.717) is 24.8 Å². The third-order valence-corrected chi connectivity index (χ3v) is 5.08. The Balaban J connectivity index is 1.66. The van der Waals surface area contributed by atoms with Crippen LogP contribution in [0.15, 0.2) is 66.7 Å². The first kappa shape index (κ1) is 19.5. The number of para-hydroxylation sites is 2. The van der Waals surface area contributed by atoms with Gasteiger partial charge in [-0.2, -0.15) is 0 Å². The number of hydrogen-bond donors (Lipinski definition) is 2. The normalized spacial score (nSPS) is 11.2. The molecule has 0 amide bonds. The summed E-state index contributed by atoms with van der Waals surface area (Å²) in [7, 11) is 0. The summed E-state index contributed by atoms with van der Waals surface area (Å²) in [4.78, 5) is 4.79. The number of nitrogen functional groups attached to an aromatic ring is 1. The van der Waals surface area contributed by atoms with Gasteiger partial charge >= 0.3 is 0 Å². The first-order chi connectivity index (χ1) is 14.2. The van der Waals surface area contributed by atoms with Crippen molar-refractivity contribution in [1.82, 2.24) is 4.98 Å². The number of hydrogen-bond acceptors (Lipinski definition) is 4. The zero-order chi connectivity index (χ0) is 20.1. The summed E-state index contributed by atoms with van der Waals surface area (Å²) < 4.78 is 5.77. The molecule has 0 bridgehead atoms. The molecule has 0 radical (unpaired) electrons. The molecule has 1 aromatic heterocycles. The van der Waals surface area contributed by atoms with Gasteiger partial charge in [0.15, 0.2) is 0 Å². The molecule has 0 unspecified atom stereocenters. The van der Waals surface area contributed by atoms with Crippen molar-refractivity contribution in [3.8, 4) is 0 Å². The maximum Gasteiger partial charge on any atom is 0.0730 e. The minimum Gasteiger partial charge on any atom is -0.399 e. The minimum atomic E-state index is 0.528. The molecule has 0 saturated heterocycles. The van der Waals surface area contributed by atoms with Crippen LogP contribution in [0.1, 0.15) is 18.4 Å². The summed E-state index contributed by atoms with van der Waals surface area (Å²) in [5, 5.41) is 5.74. The van der Waals surface area contributed by atoms with Crippen LogP contribution in [0.25, 0.3) is 21.8 Å². The highest BCUT2D eigenvalue weighted by atomic mass is 35.5. The van der Waals surface area contributed by atoms with Crippen molar-refractivity contribution in [1.29, 1.82) is 0 Å². The largest absolute Gasteiger partial charge is 0.399 e. The van der Waals surface area contributed by atoms with Crippen molar-refractivity contribution in [2.24, 2.45) is 0 Å². The molecule has 0 fully saturated rings. The highest BCUT2D eigenvalue weighted by molar-refractivity contribution is 6.17. The Kier molecular flexibility index (Phi) is 6.13. The third-order valence-electron chi connectivity index (χ3n) is 4.81. The van der Waals surface area contributed by atoms with Gasteiger partial charge in [0.1, 0.15) is 0 Å². The Morgan fingerprint density at radius 2 is 1.59 bits per heavy atom. The molecule has 29 heavy (non-hydrogen) atoms. The number of alkyl halides is 1. The molecule has 0 aliphatic rings. The fourth-order valence-electron chi connectivity index (χ4n) is 3.48. The van der Waals surface area contributed by atoms with Crippen LogP contribution in [0, 0.1) is 0 Å². The third kappa shape index (κ3) is 4.61. The predicted octanol–water partition coefficient (Wildman–Crippen LogP) is 6.25. The molecule has 5 heteroatoms. The van der Waals surface area contributed by atoms with Crippen molar-refractivity contribution in [3.05, 3.63) is 72.3 Å². The maximum atomic E-state index is 6.16. The summed E-state index contributed by atoms with van der Waals surface area (Å²) in [6, 6.07) is 22.3. The molecular formula is C24H24ClN3O. The van der Waals surface area contributed by atoms with Crippen molar-refractivity contribution >= 4 is 50.5 Å². The van der Waals surface area contributed by atoms with E-state index in [1.165, 1.54) is 0 Å². The number of rotatable bonds is 8. The van der Waals surface area contributed by atoms with E-state index in [1.54, 1.807) is 0 Å². The number of nitrogens with two attached hydrogens (primary N) is 1. The number of nitrogens with one attached hydrogen (secondary N) is 1. The number of ether oxygens (including phenoxy) is 1. The van der Waals surface area contributed by atoms with Crippen LogP contribution < -0.4 is 11.1 Å². The van der Waals surface area contributed by atoms with E-state index in [1.807, 2.05) is 48.5 Å². The molecule has 4 aromatic rings. The molecule has 0 atom stereocenters. The Hall–Kier alpha value is -2.82. The zero-order valence-corrected chi connectivity index (χ0v) is 17.0. The Bertz CT molecular complexity index is 1080. The molecule has 3 aromatic carbocycles. The second-order valence-corrected chi connectivity index (χ2v) is 7.44. The van der Waals surface area contributed by atoms with Gasteiger partial charge in [-0.25, -0.2) is 4.98 Å². The molecule has 4 nitrogen and oxygen atoms in total. The molecule has 148 valence electrons. The minimum absolute atomic E-state index is 0.528. The predicted molar refractivity (Wildman–Crippen MR) is 123 cm³/mol. The summed E-state index contributed by atoms with van der Waals surface area (Å²) in [6.45, 7) is 1.23. The Labute approximate surface area is 175 Å². The van der Waals surface area contributed by atoms with Gasteiger partial charge in [-0.3, -0.25) is 0 Å². The molecule has 0 spiro atoms. The number of anilines is 3. The number of fused-ring (bicyclic) bond motifs is 2. The maximum absolute atomic E-state index is 6.16. The van der Waals surface area contributed by atoms with Gasteiger partial charge in [-0.1, -0.05) is 36.4 Å². The lowest BCUT2D eigenvalue weighted by Crippen LogP contribution is -2.00. The van der Waals surface area contributed by atoms with E-state index in [0.717, 1.165) is 51.6 Å². The average molecular weight is 406 g/mol. The van der Waals surface area contributed by atoms with Crippen LogP contribution in [-0.2, 0) is 11.3 Å². The summed E-state index contributed by atoms with van der Waals surface area (Å²) in [5.41, 5.74) is 11.8. The first-order valence-corrected chi connectivity index (χ1v) is 10.4. The van der Waals surface area contributed by atoms with Crippen molar-refractivity contribution < 1.29 is 4.74 Å². The number of unbranched alkanes of at least 4 members (excludes halogenated alkanes) is 1. The summed E-state index contributed by atoms with van der Waals surface area (Å²) in [5.74, 6) is 0.670. The molecule has 4 rings (SSSR count). The number of aromatic nitrogens is 1. The Morgan fingerprint density at radius 1 is 0.897 bits per heavy atom. The van der Waals surface area contributed by atoms with Crippen LogP contribution >= 0.6 is 11.6 Å². The second-order valence-electron chi connectivity index (χ2n) is 7.06. The second kappa shape index (κ2) is 9.12. The first-order valence-electron chi connectivity index (χ1n) is 9.82. The quantitative estimate of drug-likeness (QED) is 0.157. The monoisotopic (exact) mass is 405 g/mol.